The predicted octanol–water partition coefficient (Wildman–Crippen LogP) is 2.30. The Morgan fingerprint density at radius 1 is 1.13 bits per heavy atom. The fourth-order valence-electron chi connectivity index (χ4n) is 3.97. The lowest BCUT2D eigenvalue weighted by molar-refractivity contribution is 0.122. The van der Waals surface area contributed by atoms with Crippen LogP contribution in [0, 0.1) is 5.92 Å². The van der Waals surface area contributed by atoms with Gasteiger partial charge in [-0.1, -0.05) is 0 Å². The van der Waals surface area contributed by atoms with Crippen LogP contribution in [-0.2, 0) is 4.74 Å². The number of ether oxygens (including phenoxy) is 2. The first kappa shape index (κ1) is 19.1. The van der Waals surface area contributed by atoms with Gasteiger partial charge in [0.2, 0.25) is 5.88 Å². The molecule has 0 spiro atoms. The molecule has 0 radical (unpaired) electrons. The van der Waals surface area contributed by atoms with E-state index < -0.39 is 0 Å². The summed E-state index contributed by atoms with van der Waals surface area (Å²) in [6, 6.07) is 6.04. The first-order chi connectivity index (χ1) is 14.9. The molecule has 2 saturated heterocycles. The van der Waals surface area contributed by atoms with Crippen molar-refractivity contribution in [3.05, 3.63) is 36.8 Å². The number of fused-ring (bicyclic) bond motifs is 1. The molecule has 0 amide bonds. The Kier molecular flexibility index (Phi) is 5.67. The van der Waals surface area contributed by atoms with Crippen LogP contribution in [0.15, 0.2) is 36.8 Å². The van der Waals surface area contributed by atoms with Crippen LogP contribution in [-0.4, -0.2) is 65.9 Å². The van der Waals surface area contributed by atoms with Gasteiger partial charge < -0.3 is 19.7 Å². The lowest BCUT2D eigenvalue weighted by atomic mass is 10.0. The standard InChI is InChI=1S/C22H26N6O2/c1-2-16(13-23-5-1)15-30-22-21-19(24-6-7-25-21)12-18(27-22)17-3-4-20(26-14-17)28-8-10-29-11-9-28/h3-4,6-7,12,14,16,23H,1-2,5,8-11,13,15H2/t16-/m0/s1. The monoisotopic (exact) mass is 406 g/mol. The Morgan fingerprint density at radius 3 is 2.83 bits per heavy atom. The lowest BCUT2D eigenvalue weighted by Crippen LogP contribution is -2.36. The van der Waals surface area contributed by atoms with Crippen molar-refractivity contribution in [1.82, 2.24) is 25.3 Å². The van der Waals surface area contributed by atoms with Gasteiger partial charge in [-0.05, 0) is 37.6 Å². The van der Waals surface area contributed by atoms with E-state index in [2.05, 4.69) is 31.2 Å². The highest BCUT2D eigenvalue weighted by Gasteiger charge is 2.17. The Balaban J connectivity index is 1.41. The third kappa shape index (κ3) is 4.20. The third-order valence-electron chi connectivity index (χ3n) is 5.66. The van der Waals surface area contributed by atoms with E-state index in [1.165, 1.54) is 12.8 Å². The highest BCUT2D eigenvalue weighted by atomic mass is 16.5. The van der Waals surface area contributed by atoms with Crippen molar-refractivity contribution >= 4 is 16.9 Å². The van der Waals surface area contributed by atoms with Gasteiger partial charge in [0.15, 0.2) is 5.52 Å². The van der Waals surface area contributed by atoms with Crippen LogP contribution in [0.2, 0.25) is 0 Å². The molecule has 0 unspecified atom stereocenters. The van der Waals surface area contributed by atoms with Gasteiger partial charge in [-0.25, -0.2) is 15.0 Å². The zero-order valence-electron chi connectivity index (χ0n) is 17.0. The molecular weight excluding hydrogens is 380 g/mol. The number of nitrogens with one attached hydrogen (secondary N) is 1. The molecule has 2 fully saturated rings. The van der Waals surface area contributed by atoms with Crippen molar-refractivity contribution in [1.29, 1.82) is 0 Å². The summed E-state index contributed by atoms with van der Waals surface area (Å²) < 4.78 is 11.6. The van der Waals surface area contributed by atoms with E-state index in [4.69, 9.17) is 14.5 Å². The number of pyridine rings is 2. The third-order valence-corrected chi connectivity index (χ3v) is 5.66. The molecule has 1 N–H and O–H groups in total. The molecule has 8 nitrogen and oxygen atoms in total. The number of aromatic nitrogens is 4. The Morgan fingerprint density at radius 2 is 2.03 bits per heavy atom. The Bertz CT molecular complexity index is 985. The maximum absolute atomic E-state index is 6.14. The highest BCUT2D eigenvalue weighted by Crippen LogP contribution is 2.28. The van der Waals surface area contributed by atoms with Crippen molar-refractivity contribution in [2.45, 2.75) is 12.8 Å². The van der Waals surface area contributed by atoms with E-state index >= 15 is 0 Å². The summed E-state index contributed by atoms with van der Waals surface area (Å²) in [6.07, 6.45) is 7.59. The molecule has 0 aliphatic carbocycles. The van der Waals surface area contributed by atoms with Crippen molar-refractivity contribution < 1.29 is 9.47 Å². The second-order valence-corrected chi connectivity index (χ2v) is 7.76. The SMILES string of the molecule is c1cnc2c(OC[C@H]3CCCNC3)nc(-c3ccc(N4CCOCC4)nc3)cc2n1. The molecule has 3 aromatic heterocycles. The van der Waals surface area contributed by atoms with Crippen molar-refractivity contribution in [3.63, 3.8) is 0 Å². The minimum Gasteiger partial charge on any atom is -0.476 e. The molecule has 0 aromatic carbocycles. The van der Waals surface area contributed by atoms with Crippen LogP contribution in [0.25, 0.3) is 22.3 Å². The molecular formula is C22H26N6O2. The molecule has 1 atom stereocenters. The summed E-state index contributed by atoms with van der Waals surface area (Å²) in [5.41, 5.74) is 3.20. The van der Waals surface area contributed by atoms with Gasteiger partial charge in [0, 0.05) is 49.7 Å². The molecule has 2 aliphatic rings. The topological polar surface area (TPSA) is 85.3 Å². The van der Waals surface area contributed by atoms with Gasteiger partial charge in [-0.2, -0.15) is 0 Å². The number of rotatable bonds is 5. The van der Waals surface area contributed by atoms with Crippen LogP contribution in [0.3, 0.4) is 0 Å². The molecule has 2 aliphatic heterocycles. The zero-order chi connectivity index (χ0) is 20.2. The molecule has 3 aromatic rings. The first-order valence-electron chi connectivity index (χ1n) is 10.6. The van der Waals surface area contributed by atoms with E-state index in [9.17, 15) is 0 Å². The smallest absolute Gasteiger partial charge is 0.242 e. The normalized spacial score (nSPS) is 19.7. The number of piperidine rings is 1. The largest absolute Gasteiger partial charge is 0.476 e. The minimum atomic E-state index is 0.491. The summed E-state index contributed by atoms with van der Waals surface area (Å²) in [6.45, 7) is 5.91. The first-order valence-corrected chi connectivity index (χ1v) is 10.6. The number of morpholine rings is 1. The second kappa shape index (κ2) is 8.89. The Labute approximate surface area is 175 Å². The number of nitrogens with zero attached hydrogens (tertiary/aromatic N) is 5. The fourth-order valence-corrected chi connectivity index (χ4v) is 3.97. The summed E-state index contributed by atoms with van der Waals surface area (Å²) in [7, 11) is 0. The van der Waals surface area contributed by atoms with Gasteiger partial charge in [0.1, 0.15) is 5.82 Å². The van der Waals surface area contributed by atoms with Gasteiger partial charge in [-0.15, -0.1) is 0 Å². The second-order valence-electron chi connectivity index (χ2n) is 7.76. The van der Waals surface area contributed by atoms with Crippen molar-refractivity contribution in [2.24, 2.45) is 5.92 Å². The van der Waals surface area contributed by atoms with Gasteiger partial charge in [0.05, 0.1) is 31.0 Å². The fraction of sp³-hybridized carbons (Fsp3) is 0.455. The molecule has 5 rings (SSSR count). The molecule has 5 heterocycles. The quantitative estimate of drug-likeness (QED) is 0.691. The van der Waals surface area contributed by atoms with E-state index in [0.29, 0.717) is 23.9 Å². The molecule has 30 heavy (non-hydrogen) atoms. The number of hydrogen-bond donors (Lipinski definition) is 1. The van der Waals surface area contributed by atoms with Crippen molar-refractivity contribution in [3.8, 4) is 17.1 Å². The van der Waals surface area contributed by atoms with E-state index in [1.807, 2.05) is 18.3 Å². The van der Waals surface area contributed by atoms with Crippen LogP contribution in [0.5, 0.6) is 5.88 Å². The van der Waals surface area contributed by atoms with Crippen LogP contribution < -0.4 is 15.0 Å². The van der Waals surface area contributed by atoms with Gasteiger partial charge in [-0.3, -0.25) is 4.98 Å². The maximum Gasteiger partial charge on any atom is 0.242 e. The number of hydrogen-bond acceptors (Lipinski definition) is 8. The maximum atomic E-state index is 6.14. The van der Waals surface area contributed by atoms with E-state index in [-0.39, 0.29) is 0 Å². The summed E-state index contributed by atoms with van der Waals surface area (Å²) >= 11 is 0. The predicted molar refractivity (Wildman–Crippen MR) is 115 cm³/mol. The van der Waals surface area contributed by atoms with E-state index in [1.54, 1.807) is 12.4 Å². The minimum absolute atomic E-state index is 0.491. The molecule has 8 heteroatoms. The average molecular weight is 406 g/mol. The highest BCUT2D eigenvalue weighted by molar-refractivity contribution is 5.83. The van der Waals surface area contributed by atoms with Crippen LogP contribution in [0.1, 0.15) is 12.8 Å². The Hall–Kier alpha value is -2.84. The molecule has 156 valence electrons. The zero-order valence-corrected chi connectivity index (χ0v) is 17.0. The van der Waals surface area contributed by atoms with Crippen molar-refractivity contribution in [2.75, 3.05) is 50.9 Å². The summed E-state index contributed by atoms with van der Waals surface area (Å²) in [5, 5.41) is 3.43. The summed E-state index contributed by atoms with van der Waals surface area (Å²) in [4.78, 5) is 20.6. The van der Waals surface area contributed by atoms with Gasteiger partial charge in [0.25, 0.3) is 0 Å². The van der Waals surface area contributed by atoms with Crippen LogP contribution >= 0.6 is 0 Å². The summed E-state index contributed by atoms with van der Waals surface area (Å²) in [5.74, 6) is 1.99. The molecule has 0 bridgehead atoms. The van der Waals surface area contributed by atoms with E-state index in [0.717, 1.165) is 62.0 Å². The van der Waals surface area contributed by atoms with Crippen LogP contribution in [0.4, 0.5) is 5.82 Å². The average Bonchev–Trinajstić information content (AvgIpc) is 2.84. The van der Waals surface area contributed by atoms with Gasteiger partial charge >= 0.3 is 0 Å². The molecule has 0 saturated carbocycles. The number of anilines is 1. The lowest BCUT2D eigenvalue weighted by Gasteiger charge is -2.27.